The summed E-state index contributed by atoms with van der Waals surface area (Å²) in [5.41, 5.74) is 1.32. The summed E-state index contributed by atoms with van der Waals surface area (Å²) in [6.45, 7) is 7.56. The van der Waals surface area contributed by atoms with Crippen molar-refractivity contribution in [3.8, 4) is 0 Å². The van der Waals surface area contributed by atoms with Gasteiger partial charge >= 0.3 is 0 Å². The van der Waals surface area contributed by atoms with Crippen molar-refractivity contribution in [1.29, 1.82) is 0 Å². The number of carbonyl (C=O) groups is 1. The first kappa shape index (κ1) is 15.5. The Bertz CT molecular complexity index is 684. The Morgan fingerprint density at radius 3 is 2.76 bits per heavy atom. The van der Waals surface area contributed by atoms with E-state index >= 15 is 0 Å². The lowest BCUT2D eigenvalue weighted by Gasteiger charge is -2.15. The highest BCUT2D eigenvalue weighted by atomic mass is 32.1. The van der Waals surface area contributed by atoms with Gasteiger partial charge in [0.15, 0.2) is 5.13 Å². The van der Waals surface area contributed by atoms with Gasteiger partial charge in [0.1, 0.15) is 16.3 Å². The topological polar surface area (TPSA) is 100 Å². The summed E-state index contributed by atoms with van der Waals surface area (Å²) >= 11 is 2.32. The molecule has 1 amide bonds. The van der Waals surface area contributed by atoms with Gasteiger partial charge < -0.3 is 5.21 Å². The van der Waals surface area contributed by atoms with E-state index in [1.165, 1.54) is 11.3 Å². The lowest BCUT2D eigenvalue weighted by atomic mass is 9.91. The van der Waals surface area contributed by atoms with Gasteiger partial charge in [0.05, 0.1) is 5.69 Å². The van der Waals surface area contributed by atoms with Crippen molar-refractivity contribution >= 4 is 39.6 Å². The zero-order chi connectivity index (χ0) is 15.6. The Hall–Kier alpha value is -1.87. The number of hydrogen-bond acceptors (Lipinski definition) is 8. The first-order chi connectivity index (χ1) is 9.82. The molecule has 0 radical (unpaired) electrons. The Kier molecular flexibility index (Phi) is 4.33. The van der Waals surface area contributed by atoms with E-state index in [1.807, 2.05) is 20.8 Å². The van der Waals surface area contributed by atoms with Crippen LogP contribution in [0.15, 0.2) is 10.5 Å². The quantitative estimate of drug-likeness (QED) is 0.513. The maximum Gasteiger partial charge on any atom is 0.271 e. The minimum absolute atomic E-state index is 0.256. The molecule has 0 aliphatic heterocycles. The van der Waals surface area contributed by atoms with Gasteiger partial charge in [-0.15, -0.1) is 16.4 Å². The number of hydrogen-bond donors (Lipinski definition) is 2. The minimum atomic E-state index is -0.283. The molecule has 7 nitrogen and oxygen atoms in total. The predicted molar refractivity (Wildman–Crippen MR) is 82.7 cm³/mol. The van der Waals surface area contributed by atoms with Crippen LogP contribution in [-0.4, -0.2) is 31.4 Å². The summed E-state index contributed by atoms with van der Waals surface area (Å²) < 4.78 is 3.86. The summed E-state index contributed by atoms with van der Waals surface area (Å²) in [6.07, 6.45) is 0. The number of thiazole rings is 1. The molecule has 2 aromatic heterocycles. The molecule has 0 aliphatic rings. The minimum Gasteiger partial charge on any atom is -0.411 e. The van der Waals surface area contributed by atoms with Gasteiger partial charge in [-0.2, -0.15) is 0 Å². The van der Waals surface area contributed by atoms with E-state index in [0.29, 0.717) is 27.1 Å². The van der Waals surface area contributed by atoms with Crippen LogP contribution in [0.2, 0.25) is 0 Å². The largest absolute Gasteiger partial charge is 0.411 e. The summed E-state index contributed by atoms with van der Waals surface area (Å²) in [6, 6.07) is 0. The van der Waals surface area contributed by atoms with E-state index < -0.39 is 0 Å². The third-order valence-corrected chi connectivity index (χ3v) is 4.13. The number of nitrogens with zero attached hydrogens (tertiary/aromatic N) is 4. The fourth-order valence-corrected chi connectivity index (χ4v) is 3.05. The highest BCUT2D eigenvalue weighted by Crippen LogP contribution is 2.27. The van der Waals surface area contributed by atoms with Crippen LogP contribution in [0.3, 0.4) is 0 Å². The van der Waals surface area contributed by atoms with Crippen LogP contribution in [0.25, 0.3) is 0 Å². The molecular weight excluding hydrogens is 310 g/mol. The smallest absolute Gasteiger partial charge is 0.271 e. The van der Waals surface area contributed by atoms with Crippen molar-refractivity contribution in [2.75, 3.05) is 5.32 Å². The van der Waals surface area contributed by atoms with E-state index in [0.717, 1.165) is 11.5 Å². The van der Waals surface area contributed by atoms with E-state index in [1.54, 1.807) is 12.3 Å². The molecule has 0 atom stereocenters. The van der Waals surface area contributed by atoms with Gasteiger partial charge in [0.2, 0.25) is 0 Å². The fourth-order valence-electron chi connectivity index (χ4n) is 1.53. The second-order valence-electron chi connectivity index (χ2n) is 5.38. The summed E-state index contributed by atoms with van der Waals surface area (Å²) in [5, 5.41) is 20.7. The van der Waals surface area contributed by atoms with Crippen LogP contribution >= 0.6 is 22.9 Å². The van der Waals surface area contributed by atoms with Crippen LogP contribution in [0.5, 0.6) is 0 Å². The third kappa shape index (κ3) is 3.42. The van der Waals surface area contributed by atoms with Crippen LogP contribution in [0.4, 0.5) is 5.13 Å². The lowest BCUT2D eigenvalue weighted by Crippen LogP contribution is -2.19. The van der Waals surface area contributed by atoms with Crippen LogP contribution in [0.1, 0.15) is 48.8 Å². The molecule has 0 aromatic carbocycles. The fraction of sp³-hybridized carbons (Fsp3) is 0.417. The van der Waals surface area contributed by atoms with Gasteiger partial charge in [-0.25, -0.2) is 4.98 Å². The molecular formula is C12H15N5O2S2. The van der Waals surface area contributed by atoms with Gasteiger partial charge in [-0.05, 0) is 18.5 Å². The molecule has 0 spiro atoms. The summed E-state index contributed by atoms with van der Waals surface area (Å²) in [7, 11) is 0. The maximum absolute atomic E-state index is 12.3. The summed E-state index contributed by atoms with van der Waals surface area (Å²) in [4.78, 5) is 17.0. The first-order valence-electron chi connectivity index (χ1n) is 6.11. The van der Waals surface area contributed by atoms with Crippen molar-refractivity contribution in [2.45, 2.75) is 33.1 Å². The van der Waals surface area contributed by atoms with E-state index in [-0.39, 0.29) is 11.3 Å². The molecule has 0 saturated carbocycles. The van der Waals surface area contributed by atoms with Crippen molar-refractivity contribution in [2.24, 2.45) is 5.16 Å². The Labute approximate surface area is 129 Å². The van der Waals surface area contributed by atoms with Gasteiger partial charge in [0, 0.05) is 10.8 Å². The average molecular weight is 325 g/mol. The SMILES string of the molecule is CC(=NO)c1csc(NC(=O)c2snnc2C(C)(C)C)n1. The van der Waals surface area contributed by atoms with Crippen molar-refractivity contribution in [3.05, 3.63) is 21.6 Å². The molecule has 2 aromatic rings. The average Bonchev–Trinajstić information content (AvgIpc) is 3.05. The maximum atomic E-state index is 12.3. The second kappa shape index (κ2) is 5.86. The van der Waals surface area contributed by atoms with Crippen molar-refractivity contribution in [3.63, 3.8) is 0 Å². The Morgan fingerprint density at radius 1 is 1.43 bits per heavy atom. The molecule has 9 heteroatoms. The number of anilines is 1. The van der Waals surface area contributed by atoms with Gasteiger partial charge in [-0.3, -0.25) is 10.1 Å². The highest BCUT2D eigenvalue weighted by molar-refractivity contribution is 7.14. The normalized spacial score (nSPS) is 12.5. The van der Waals surface area contributed by atoms with Crippen molar-refractivity contribution < 1.29 is 10.0 Å². The monoisotopic (exact) mass is 325 g/mol. The van der Waals surface area contributed by atoms with Crippen LogP contribution in [-0.2, 0) is 5.41 Å². The molecule has 0 aliphatic carbocycles. The van der Waals surface area contributed by atoms with E-state index in [2.05, 4.69) is 25.0 Å². The number of oxime groups is 1. The highest BCUT2D eigenvalue weighted by Gasteiger charge is 2.26. The lowest BCUT2D eigenvalue weighted by molar-refractivity contribution is 0.102. The number of carbonyl (C=O) groups excluding carboxylic acids is 1. The first-order valence-corrected chi connectivity index (χ1v) is 7.77. The van der Waals surface area contributed by atoms with Gasteiger partial charge in [0.25, 0.3) is 5.91 Å². The molecule has 2 N–H and O–H groups in total. The number of rotatable bonds is 3. The number of aromatic nitrogens is 3. The van der Waals surface area contributed by atoms with Crippen LogP contribution in [0, 0.1) is 0 Å². The molecule has 112 valence electrons. The van der Waals surface area contributed by atoms with E-state index in [4.69, 9.17) is 5.21 Å². The number of amides is 1. The second-order valence-corrected chi connectivity index (χ2v) is 6.99. The van der Waals surface area contributed by atoms with Crippen molar-refractivity contribution in [1.82, 2.24) is 14.6 Å². The molecule has 0 fully saturated rings. The molecule has 0 unspecified atom stereocenters. The number of nitrogens with one attached hydrogen (secondary N) is 1. The third-order valence-electron chi connectivity index (χ3n) is 2.65. The molecule has 21 heavy (non-hydrogen) atoms. The summed E-state index contributed by atoms with van der Waals surface area (Å²) in [5.74, 6) is -0.283. The van der Waals surface area contributed by atoms with Gasteiger partial charge in [-0.1, -0.05) is 30.4 Å². The van der Waals surface area contributed by atoms with E-state index in [9.17, 15) is 4.79 Å². The zero-order valence-corrected chi connectivity index (χ0v) is 13.7. The molecule has 0 bridgehead atoms. The molecule has 2 rings (SSSR count). The molecule has 2 heterocycles. The Balaban J connectivity index is 2.19. The zero-order valence-electron chi connectivity index (χ0n) is 12.0. The standard InChI is InChI=1S/C12H15N5O2S2/c1-6(16-19)7-5-20-11(13-7)14-10(18)8-9(12(2,3)4)15-17-21-8/h5,19H,1-4H3,(H,13,14,18). The Morgan fingerprint density at radius 2 is 2.14 bits per heavy atom. The molecule has 0 saturated heterocycles. The van der Waals surface area contributed by atoms with Crippen LogP contribution < -0.4 is 5.32 Å². The predicted octanol–water partition coefficient (Wildman–Crippen LogP) is 2.74.